The molecule has 0 aromatic carbocycles. The van der Waals surface area contributed by atoms with Crippen molar-refractivity contribution in [1.82, 2.24) is 0 Å². The van der Waals surface area contributed by atoms with Gasteiger partial charge in [0, 0.05) is 13.0 Å². The summed E-state index contributed by atoms with van der Waals surface area (Å²) >= 11 is 0. The molecule has 0 spiro atoms. The second-order valence-electron chi connectivity index (χ2n) is 1.46. The molecular formula is C4H7FO. The fourth-order valence-corrected chi connectivity index (χ4v) is 0.506. The van der Waals surface area contributed by atoms with Gasteiger partial charge in [-0.1, -0.05) is 0 Å². The van der Waals surface area contributed by atoms with Crippen molar-refractivity contribution in [1.29, 1.82) is 0 Å². The second-order valence-corrected chi connectivity index (χ2v) is 1.46. The molecule has 1 aliphatic heterocycles. The summed E-state index contributed by atoms with van der Waals surface area (Å²) in [5.74, 6) is 0. The van der Waals surface area contributed by atoms with Gasteiger partial charge >= 0.3 is 0 Å². The van der Waals surface area contributed by atoms with Gasteiger partial charge < -0.3 is 4.74 Å². The first kappa shape index (κ1) is 4.06. The van der Waals surface area contributed by atoms with Crippen LogP contribution >= 0.6 is 0 Å². The van der Waals surface area contributed by atoms with Crippen molar-refractivity contribution in [2.45, 2.75) is 12.6 Å². The topological polar surface area (TPSA) is 9.23 Å². The first-order valence-corrected chi connectivity index (χ1v) is 2.11. The van der Waals surface area contributed by atoms with E-state index in [1.807, 2.05) is 0 Å². The van der Waals surface area contributed by atoms with E-state index in [2.05, 4.69) is 4.74 Å². The van der Waals surface area contributed by atoms with Gasteiger partial charge in [-0.05, 0) is 0 Å². The monoisotopic (exact) mass is 90.0 g/mol. The zero-order valence-electron chi connectivity index (χ0n) is 3.48. The molecule has 1 atom stereocenters. The van der Waals surface area contributed by atoms with Crippen molar-refractivity contribution in [3.63, 3.8) is 0 Å². The van der Waals surface area contributed by atoms with E-state index >= 15 is 0 Å². The summed E-state index contributed by atoms with van der Waals surface area (Å²) in [7, 11) is 0. The van der Waals surface area contributed by atoms with Gasteiger partial charge in [-0.2, -0.15) is 0 Å². The summed E-state index contributed by atoms with van der Waals surface area (Å²) < 4.78 is 16.5. The third-order valence-corrected chi connectivity index (χ3v) is 0.874. The maximum Gasteiger partial charge on any atom is 0.126 e. The molecule has 1 saturated heterocycles. The maximum atomic E-state index is 11.8. The molecule has 36 valence electrons. The Morgan fingerprint density at radius 1 is 1.67 bits per heavy atom. The molecule has 0 aliphatic carbocycles. The van der Waals surface area contributed by atoms with E-state index < -0.39 is 6.17 Å². The number of rotatable bonds is 0. The molecule has 0 radical (unpaired) electrons. The Hall–Kier alpha value is -0.110. The molecule has 0 amide bonds. The van der Waals surface area contributed by atoms with Crippen LogP contribution in [0, 0.1) is 0 Å². The number of hydrogen-bond acceptors (Lipinski definition) is 1. The van der Waals surface area contributed by atoms with Gasteiger partial charge in [0.15, 0.2) is 0 Å². The molecule has 2 heteroatoms. The normalized spacial score (nSPS) is 34.5. The minimum absolute atomic E-state index is 0.319. The molecule has 0 N–H and O–H groups in total. The van der Waals surface area contributed by atoms with Crippen molar-refractivity contribution in [2.24, 2.45) is 0 Å². The van der Waals surface area contributed by atoms with Gasteiger partial charge in [0.1, 0.15) is 6.17 Å². The van der Waals surface area contributed by atoms with Crippen LogP contribution in [0.15, 0.2) is 0 Å². The van der Waals surface area contributed by atoms with Crippen LogP contribution in [0.1, 0.15) is 6.42 Å². The minimum Gasteiger partial charge on any atom is -0.378 e. The Labute approximate surface area is 36.1 Å². The molecule has 6 heavy (non-hydrogen) atoms. The minimum atomic E-state index is -0.676. The fourth-order valence-electron chi connectivity index (χ4n) is 0.506. The van der Waals surface area contributed by atoms with Gasteiger partial charge in [-0.25, -0.2) is 4.39 Å². The lowest BCUT2D eigenvalue weighted by molar-refractivity contribution is 0.173. The average Bonchev–Trinajstić information content (AvgIpc) is 1.86. The molecule has 0 aromatic heterocycles. The van der Waals surface area contributed by atoms with Gasteiger partial charge in [0.05, 0.1) is 6.61 Å². The number of alkyl halides is 1. The van der Waals surface area contributed by atoms with Crippen LogP contribution in [-0.2, 0) is 4.74 Å². The molecule has 0 saturated carbocycles. The molecule has 1 aliphatic rings. The van der Waals surface area contributed by atoms with E-state index in [9.17, 15) is 4.39 Å². The zero-order valence-corrected chi connectivity index (χ0v) is 3.48. The Morgan fingerprint density at radius 3 is 2.67 bits per heavy atom. The lowest BCUT2D eigenvalue weighted by atomic mass is 10.4. The fraction of sp³-hybridized carbons (Fsp3) is 1.00. The van der Waals surface area contributed by atoms with E-state index in [-0.39, 0.29) is 0 Å². The Kier molecular flexibility index (Phi) is 1.05. The van der Waals surface area contributed by atoms with Crippen molar-refractivity contribution in [3.05, 3.63) is 0 Å². The van der Waals surface area contributed by atoms with Crippen LogP contribution in [0.5, 0.6) is 0 Å². The summed E-state index contributed by atoms with van der Waals surface area (Å²) in [5, 5.41) is 0. The van der Waals surface area contributed by atoms with Crippen LogP contribution in [0.2, 0.25) is 0 Å². The Morgan fingerprint density at radius 2 is 2.50 bits per heavy atom. The van der Waals surface area contributed by atoms with Gasteiger partial charge in [-0.3, -0.25) is 0 Å². The Balaban J connectivity index is 2.18. The van der Waals surface area contributed by atoms with E-state index in [0.717, 1.165) is 0 Å². The standard InChI is InChI=1S/C4H7FO/c5-4-1-2-6-3-4/h4H,1-3H2/t4-/m1/s1. The SMILES string of the molecule is F[C@@H]1CCOC1. The van der Waals surface area contributed by atoms with Crippen LogP contribution in [0.4, 0.5) is 4.39 Å². The molecule has 1 heterocycles. The van der Waals surface area contributed by atoms with Gasteiger partial charge in [0.2, 0.25) is 0 Å². The highest BCUT2D eigenvalue weighted by Crippen LogP contribution is 2.05. The highest BCUT2D eigenvalue weighted by atomic mass is 19.1. The largest absolute Gasteiger partial charge is 0.378 e. The number of halogens is 1. The van der Waals surface area contributed by atoms with Gasteiger partial charge in [-0.15, -0.1) is 0 Å². The summed E-state index contributed by atoms with van der Waals surface area (Å²) in [6.07, 6.45) is -0.0787. The highest BCUT2D eigenvalue weighted by molar-refractivity contribution is 4.59. The average molecular weight is 90.1 g/mol. The lowest BCUT2D eigenvalue weighted by Gasteiger charge is -1.84. The second kappa shape index (κ2) is 1.56. The quantitative estimate of drug-likeness (QED) is 0.426. The predicted molar refractivity (Wildman–Crippen MR) is 20.3 cm³/mol. The van der Waals surface area contributed by atoms with Crippen molar-refractivity contribution in [3.8, 4) is 0 Å². The number of hydrogen-bond donors (Lipinski definition) is 0. The van der Waals surface area contributed by atoms with Crippen molar-refractivity contribution >= 4 is 0 Å². The summed E-state index contributed by atoms with van der Waals surface area (Å²) in [6, 6.07) is 0. The van der Waals surface area contributed by atoms with Crippen LogP contribution in [-0.4, -0.2) is 19.4 Å². The van der Waals surface area contributed by atoms with E-state index in [1.54, 1.807) is 0 Å². The lowest BCUT2D eigenvalue weighted by Crippen LogP contribution is -1.94. The maximum absolute atomic E-state index is 11.8. The molecule has 1 fully saturated rings. The van der Waals surface area contributed by atoms with E-state index in [0.29, 0.717) is 19.6 Å². The molecule has 0 bridgehead atoms. The number of ether oxygens (including phenoxy) is 1. The highest BCUT2D eigenvalue weighted by Gasteiger charge is 2.12. The molecule has 1 rings (SSSR count). The molecule has 0 aromatic rings. The van der Waals surface area contributed by atoms with Crippen LogP contribution in [0.3, 0.4) is 0 Å². The third kappa shape index (κ3) is 0.684. The van der Waals surface area contributed by atoms with E-state index in [4.69, 9.17) is 0 Å². The summed E-state index contributed by atoms with van der Waals surface area (Å²) in [6.45, 7) is 0.932. The summed E-state index contributed by atoms with van der Waals surface area (Å²) in [5.41, 5.74) is 0. The van der Waals surface area contributed by atoms with Crippen molar-refractivity contribution in [2.75, 3.05) is 13.2 Å². The smallest absolute Gasteiger partial charge is 0.126 e. The first-order chi connectivity index (χ1) is 2.89. The Bertz CT molecular complexity index is 40.8. The molecule has 0 unspecified atom stereocenters. The van der Waals surface area contributed by atoms with Gasteiger partial charge in [0.25, 0.3) is 0 Å². The third-order valence-electron chi connectivity index (χ3n) is 0.874. The van der Waals surface area contributed by atoms with Crippen LogP contribution < -0.4 is 0 Å². The van der Waals surface area contributed by atoms with E-state index in [1.165, 1.54) is 0 Å². The first-order valence-electron chi connectivity index (χ1n) is 2.11. The predicted octanol–water partition coefficient (Wildman–Crippen LogP) is 0.745. The molecular weight excluding hydrogens is 83.0 g/mol. The van der Waals surface area contributed by atoms with Crippen molar-refractivity contribution < 1.29 is 9.13 Å². The van der Waals surface area contributed by atoms with Crippen LogP contribution in [0.25, 0.3) is 0 Å². The molecule has 1 nitrogen and oxygen atoms in total. The zero-order chi connectivity index (χ0) is 4.41. The summed E-state index contributed by atoms with van der Waals surface area (Å²) in [4.78, 5) is 0.